The maximum absolute atomic E-state index is 12.2. The minimum absolute atomic E-state index is 0.188. The van der Waals surface area contributed by atoms with Crippen molar-refractivity contribution in [2.24, 2.45) is 0 Å². The van der Waals surface area contributed by atoms with E-state index in [9.17, 15) is 15.2 Å². The lowest BCUT2D eigenvalue weighted by Gasteiger charge is -2.12. The van der Waals surface area contributed by atoms with Gasteiger partial charge in [-0.1, -0.05) is 36.4 Å². The number of nitrogens with zero attached hydrogens (tertiary/aromatic N) is 1. The molecular weight excluding hydrogens is 264 g/mol. The van der Waals surface area contributed by atoms with Crippen LogP contribution in [0.1, 0.15) is 22.8 Å². The lowest BCUT2D eigenvalue weighted by molar-refractivity contribution is 0.0924. The van der Waals surface area contributed by atoms with Crippen molar-refractivity contribution in [2.45, 2.75) is 13.0 Å². The van der Waals surface area contributed by atoms with Crippen LogP contribution in [0.3, 0.4) is 0 Å². The van der Waals surface area contributed by atoms with Gasteiger partial charge in [-0.15, -0.1) is 0 Å². The van der Waals surface area contributed by atoms with E-state index in [1.165, 1.54) is 0 Å². The molecule has 0 aromatic heterocycles. The highest BCUT2D eigenvalue weighted by atomic mass is 16.3. The van der Waals surface area contributed by atoms with Gasteiger partial charge in [-0.2, -0.15) is 5.26 Å². The van der Waals surface area contributed by atoms with E-state index in [2.05, 4.69) is 11.4 Å². The van der Waals surface area contributed by atoms with Crippen molar-refractivity contribution >= 4 is 5.91 Å². The van der Waals surface area contributed by atoms with E-state index in [1.807, 2.05) is 24.3 Å². The molecule has 0 heterocycles. The van der Waals surface area contributed by atoms with Crippen LogP contribution in [0.4, 0.5) is 0 Å². The molecule has 2 aromatic rings. The highest BCUT2D eigenvalue weighted by Gasteiger charge is 2.14. The number of nitrogens with one attached hydrogen (secondary N) is 1. The number of aliphatic hydroxyl groups is 1. The third-order valence-corrected chi connectivity index (χ3v) is 3.07. The predicted octanol–water partition coefficient (Wildman–Crippen LogP) is 2.34. The van der Waals surface area contributed by atoms with E-state index in [0.29, 0.717) is 16.7 Å². The van der Waals surface area contributed by atoms with Crippen molar-refractivity contribution in [3.63, 3.8) is 0 Å². The second kappa shape index (κ2) is 6.69. The number of carbonyl (C=O) groups excluding carboxylic acids is 1. The van der Waals surface area contributed by atoms with Crippen LogP contribution in [0.2, 0.25) is 0 Å². The van der Waals surface area contributed by atoms with Crippen molar-refractivity contribution in [3.8, 4) is 17.2 Å². The minimum atomic E-state index is -0.604. The standard InChI is InChI=1S/C17H16N2O2/c1-12(20)11-19-17(21)16-9-5-4-8-15(16)14-7-3-2-6-13(14)10-18/h2-9,12,20H,11H2,1H3,(H,19,21). The molecule has 1 atom stereocenters. The number of amides is 1. The Kier molecular flexibility index (Phi) is 4.70. The summed E-state index contributed by atoms with van der Waals surface area (Å²) in [6, 6.07) is 16.4. The van der Waals surface area contributed by atoms with Crippen LogP contribution in [-0.2, 0) is 0 Å². The topological polar surface area (TPSA) is 73.1 Å². The molecule has 2 aromatic carbocycles. The first kappa shape index (κ1) is 14.8. The zero-order chi connectivity index (χ0) is 15.2. The highest BCUT2D eigenvalue weighted by molar-refractivity contribution is 6.01. The maximum atomic E-state index is 12.2. The van der Waals surface area contributed by atoms with Gasteiger partial charge in [-0.3, -0.25) is 4.79 Å². The summed E-state index contributed by atoms with van der Waals surface area (Å²) in [5.41, 5.74) is 2.44. The zero-order valence-electron chi connectivity index (χ0n) is 11.7. The molecule has 0 saturated heterocycles. The molecule has 2 N–H and O–H groups in total. The fourth-order valence-corrected chi connectivity index (χ4v) is 2.07. The smallest absolute Gasteiger partial charge is 0.252 e. The van der Waals surface area contributed by atoms with Gasteiger partial charge in [0.15, 0.2) is 0 Å². The average Bonchev–Trinajstić information content (AvgIpc) is 2.52. The van der Waals surface area contributed by atoms with Gasteiger partial charge in [0.2, 0.25) is 0 Å². The Labute approximate surface area is 123 Å². The first-order valence-corrected chi connectivity index (χ1v) is 6.68. The summed E-state index contributed by atoms with van der Waals surface area (Å²) < 4.78 is 0. The van der Waals surface area contributed by atoms with E-state index in [4.69, 9.17) is 0 Å². The summed E-state index contributed by atoms with van der Waals surface area (Å²) in [5.74, 6) is -0.265. The molecule has 0 radical (unpaired) electrons. The van der Waals surface area contributed by atoms with Crippen molar-refractivity contribution < 1.29 is 9.90 Å². The van der Waals surface area contributed by atoms with Crippen LogP contribution in [0.5, 0.6) is 0 Å². The van der Waals surface area contributed by atoms with Crippen molar-refractivity contribution in [2.75, 3.05) is 6.54 Å². The Balaban J connectivity index is 2.42. The lowest BCUT2D eigenvalue weighted by Crippen LogP contribution is -2.30. The van der Waals surface area contributed by atoms with Gasteiger partial charge in [-0.25, -0.2) is 0 Å². The summed E-state index contributed by atoms with van der Waals surface area (Å²) in [4.78, 5) is 12.2. The number of hydrogen-bond donors (Lipinski definition) is 2. The zero-order valence-corrected chi connectivity index (χ0v) is 11.7. The van der Waals surface area contributed by atoms with Crippen molar-refractivity contribution in [1.82, 2.24) is 5.32 Å². The molecule has 0 bridgehead atoms. The molecule has 1 unspecified atom stereocenters. The van der Waals surface area contributed by atoms with Crippen LogP contribution >= 0.6 is 0 Å². The molecule has 1 amide bonds. The number of nitriles is 1. The second-order valence-electron chi connectivity index (χ2n) is 4.76. The van der Waals surface area contributed by atoms with Crippen molar-refractivity contribution in [3.05, 3.63) is 59.7 Å². The molecule has 4 heteroatoms. The molecule has 0 aliphatic heterocycles. The molecule has 4 nitrogen and oxygen atoms in total. The first-order valence-electron chi connectivity index (χ1n) is 6.68. The van der Waals surface area contributed by atoms with Crippen molar-refractivity contribution in [1.29, 1.82) is 5.26 Å². The van der Waals surface area contributed by atoms with Crippen LogP contribution in [0.25, 0.3) is 11.1 Å². The quantitative estimate of drug-likeness (QED) is 0.902. The highest BCUT2D eigenvalue weighted by Crippen LogP contribution is 2.26. The molecular formula is C17H16N2O2. The normalized spacial score (nSPS) is 11.5. The van der Waals surface area contributed by atoms with E-state index >= 15 is 0 Å². The number of carbonyl (C=O) groups is 1. The summed E-state index contributed by atoms with van der Waals surface area (Å²) in [7, 11) is 0. The molecule has 0 aliphatic rings. The van der Waals surface area contributed by atoms with Gasteiger partial charge in [0, 0.05) is 17.7 Å². The fourth-order valence-electron chi connectivity index (χ4n) is 2.07. The molecule has 0 fully saturated rings. The van der Waals surface area contributed by atoms with E-state index in [0.717, 1.165) is 5.56 Å². The van der Waals surface area contributed by atoms with Gasteiger partial charge in [0.05, 0.1) is 17.7 Å². The molecule has 0 saturated carbocycles. The van der Waals surface area contributed by atoms with Gasteiger partial charge in [0.25, 0.3) is 5.91 Å². The van der Waals surface area contributed by atoms with Gasteiger partial charge < -0.3 is 10.4 Å². The van der Waals surface area contributed by atoms with Crippen LogP contribution in [0.15, 0.2) is 48.5 Å². The summed E-state index contributed by atoms with van der Waals surface area (Å²) in [6.07, 6.45) is -0.604. The summed E-state index contributed by atoms with van der Waals surface area (Å²) >= 11 is 0. The monoisotopic (exact) mass is 280 g/mol. The van der Waals surface area contributed by atoms with Gasteiger partial charge in [0.1, 0.15) is 0 Å². The fraction of sp³-hybridized carbons (Fsp3) is 0.176. The van der Waals surface area contributed by atoms with Crippen LogP contribution in [-0.4, -0.2) is 23.7 Å². The Morgan fingerprint density at radius 3 is 2.48 bits per heavy atom. The van der Waals surface area contributed by atoms with E-state index in [1.54, 1.807) is 31.2 Å². The first-order chi connectivity index (χ1) is 10.1. The van der Waals surface area contributed by atoms with Gasteiger partial charge >= 0.3 is 0 Å². The Hall–Kier alpha value is -2.64. The number of rotatable bonds is 4. The van der Waals surface area contributed by atoms with Gasteiger partial charge in [-0.05, 0) is 24.6 Å². The minimum Gasteiger partial charge on any atom is -0.392 e. The van der Waals surface area contributed by atoms with Crippen LogP contribution in [0, 0.1) is 11.3 Å². The summed E-state index contributed by atoms with van der Waals surface area (Å²) in [5, 5.41) is 21.1. The molecule has 0 aliphatic carbocycles. The lowest BCUT2D eigenvalue weighted by atomic mass is 9.95. The predicted molar refractivity (Wildman–Crippen MR) is 80.6 cm³/mol. The Morgan fingerprint density at radius 2 is 1.81 bits per heavy atom. The number of aliphatic hydroxyl groups excluding tert-OH is 1. The Morgan fingerprint density at radius 1 is 1.19 bits per heavy atom. The number of hydrogen-bond acceptors (Lipinski definition) is 3. The average molecular weight is 280 g/mol. The van der Waals surface area contributed by atoms with Crippen LogP contribution < -0.4 is 5.32 Å². The molecule has 0 spiro atoms. The number of benzene rings is 2. The second-order valence-corrected chi connectivity index (χ2v) is 4.76. The largest absolute Gasteiger partial charge is 0.392 e. The molecule has 2 rings (SSSR count). The molecule has 21 heavy (non-hydrogen) atoms. The third kappa shape index (κ3) is 3.47. The summed E-state index contributed by atoms with van der Waals surface area (Å²) in [6.45, 7) is 1.80. The van der Waals surface area contributed by atoms with E-state index in [-0.39, 0.29) is 12.5 Å². The third-order valence-electron chi connectivity index (χ3n) is 3.07. The SMILES string of the molecule is CC(O)CNC(=O)c1ccccc1-c1ccccc1C#N. The Bertz CT molecular complexity index is 687. The van der Waals surface area contributed by atoms with E-state index < -0.39 is 6.10 Å². The molecule has 106 valence electrons. The maximum Gasteiger partial charge on any atom is 0.252 e.